The first-order valence-corrected chi connectivity index (χ1v) is 7.20. The first-order chi connectivity index (χ1) is 11.2. The standard InChI is InChI=1S/C16H17N3O4/c1-21-10-3-4-11-12(6-8-23-14(11)9-10)18-16-17-7-5-13(19-16)15(20)22-2/h3-5,7,9,12H,6,8H2,1-2H3,(H,17,18,19). The highest BCUT2D eigenvalue weighted by molar-refractivity contribution is 5.87. The first kappa shape index (κ1) is 15.1. The van der Waals surface area contributed by atoms with Gasteiger partial charge in [-0.3, -0.25) is 0 Å². The maximum atomic E-state index is 11.6. The van der Waals surface area contributed by atoms with Gasteiger partial charge in [-0.25, -0.2) is 14.8 Å². The molecule has 0 amide bonds. The van der Waals surface area contributed by atoms with Crippen LogP contribution in [0, 0.1) is 0 Å². The van der Waals surface area contributed by atoms with E-state index in [1.54, 1.807) is 7.11 Å². The number of hydrogen-bond acceptors (Lipinski definition) is 7. The fourth-order valence-corrected chi connectivity index (χ4v) is 2.45. The summed E-state index contributed by atoms with van der Waals surface area (Å²) in [6.07, 6.45) is 2.29. The largest absolute Gasteiger partial charge is 0.497 e. The lowest BCUT2D eigenvalue weighted by atomic mass is 10.0. The van der Waals surface area contributed by atoms with Crippen molar-refractivity contribution in [1.82, 2.24) is 9.97 Å². The van der Waals surface area contributed by atoms with E-state index in [0.717, 1.165) is 23.5 Å². The van der Waals surface area contributed by atoms with E-state index < -0.39 is 5.97 Å². The lowest BCUT2D eigenvalue weighted by Crippen LogP contribution is -2.21. The number of methoxy groups -OCH3 is 2. The third-order valence-electron chi connectivity index (χ3n) is 3.61. The van der Waals surface area contributed by atoms with Crippen molar-refractivity contribution in [1.29, 1.82) is 0 Å². The van der Waals surface area contributed by atoms with E-state index in [0.29, 0.717) is 12.6 Å². The Bertz CT molecular complexity index is 720. The lowest BCUT2D eigenvalue weighted by Gasteiger charge is -2.27. The molecule has 1 atom stereocenters. The summed E-state index contributed by atoms with van der Waals surface area (Å²) in [6, 6.07) is 7.20. The molecule has 0 aliphatic carbocycles. The Morgan fingerprint density at radius 1 is 1.35 bits per heavy atom. The van der Waals surface area contributed by atoms with Crippen molar-refractivity contribution in [3.8, 4) is 11.5 Å². The average molecular weight is 315 g/mol. The van der Waals surface area contributed by atoms with Gasteiger partial charge in [0.05, 0.1) is 26.9 Å². The van der Waals surface area contributed by atoms with Gasteiger partial charge in [-0.15, -0.1) is 0 Å². The predicted octanol–water partition coefficient (Wildman–Crippen LogP) is 2.21. The van der Waals surface area contributed by atoms with Crippen LogP contribution in [0.1, 0.15) is 28.5 Å². The molecule has 0 saturated carbocycles. The summed E-state index contributed by atoms with van der Waals surface area (Å²) < 4.78 is 15.6. The maximum absolute atomic E-state index is 11.6. The minimum absolute atomic E-state index is 0.00227. The second-order valence-electron chi connectivity index (χ2n) is 4.99. The van der Waals surface area contributed by atoms with Crippen LogP contribution < -0.4 is 14.8 Å². The number of aromatic nitrogens is 2. The molecule has 1 aliphatic heterocycles. The highest BCUT2D eigenvalue weighted by Crippen LogP contribution is 2.36. The van der Waals surface area contributed by atoms with Crippen LogP contribution in [0.3, 0.4) is 0 Å². The van der Waals surface area contributed by atoms with Crippen molar-refractivity contribution in [2.24, 2.45) is 0 Å². The van der Waals surface area contributed by atoms with Crippen LogP contribution in [0.25, 0.3) is 0 Å². The molecule has 0 saturated heterocycles. The molecular formula is C16H17N3O4. The highest BCUT2D eigenvalue weighted by Gasteiger charge is 2.23. The van der Waals surface area contributed by atoms with E-state index in [1.165, 1.54) is 19.4 Å². The van der Waals surface area contributed by atoms with Gasteiger partial charge in [0.2, 0.25) is 5.95 Å². The van der Waals surface area contributed by atoms with Gasteiger partial charge in [-0.05, 0) is 18.2 Å². The number of rotatable bonds is 4. The number of anilines is 1. The summed E-state index contributed by atoms with van der Waals surface area (Å²) in [5, 5.41) is 3.24. The summed E-state index contributed by atoms with van der Waals surface area (Å²) >= 11 is 0. The number of ether oxygens (including phenoxy) is 3. The SMILES string of the molecule is COC(=O)c1ccnc(NC2CCOc3cc(OC)ccc32)n1. The summed E-state index contributed by atoms with van der Waals surface area (Å²) in [5.74, 6) is 1.40. The van der Waals surface area contributed by atoms with Crippen molar-refractivity contribution in [2.45, 2.75) is 12.5 Å². The first-order valence-electron chi connectivity index (χ1n) is 7.20. The lowest BCUT2D eigenvalue weighted by molar-refractivity contribution is 0.0594. The van der Waals surface area contributed by atoms with Crippen LogP contribution in [-0.2, 0) is 4.74 Å². The van der Waals surface area contributed by atoms with Crippen molar-refractivity contribution < 1.29 is 19.0 Å². The smallest absolute Gasteiger partial charge is 0.356 e. The molecule has 1 N–H and O–H groups in total. The van der Waals surface area contributed by atoms with Crippen LogP contribution in [0.2, 0.25) is 0 Å². The Kier molecular flexibility index (Phi) is 4.27. The van der Waals surface area contributed by atoms with E-state index in [9.17, 15) is 4.79 Å². The van der Waals surface area contributed by atoms with Crippen LogP contribution in [0.15, 0.2) is 30.5 Å². The Morgan fingerprint density at radius 2 is 2.22 bits per heavy atom. The molecule has 7 heteroatoms. The fraction of sp³-hybridized carbons (Fsp3) is 0.312. The third-order valence-corrected chi connectivity index (χ3v) is 3.61. The molecule has 7 nitrogen and oxygen atoms in total. The minimum atomic E-state index is -0.493. The molecule has 1 aromatic heterocycles. The van der Waals surface area contributed by atoms with Gasteiger partial charge in [-0.1, -0.05) is 0 Å². The second kappa shape index (κ2) is 6.51. The zero-order valence-electron chi connectivity index (χ0n) is 12.9. The maximum Gasteiger partial charge on any atom is 0.356 e. The van der Waals surface area contributed by atoms with E-state index in [1.807, 2.05) is 18.2 Å². The average Bonchev–Trinajstić information content (AvgIpc) is 2.61. The van der Waals surface area contributed by atoms with E-state index in [4.69, 9.17) is 9.47 Å². The number of esters is 1. The number of benzene rings is 1. The predicted molar refractivity (Wildman–Crippen MR) is 82.8 cm³/mol. The molecule has 2 heterocycles. The zero-order valence-corrected chi connectivity index (χ0v) is 12.9. The fourth-order valence-electron chi connectivity index (χ4n) is 2.45. The number of fused-ring (bicyclic) bond motifs is 1. The van der Waals surface area contributed by atoms with Crippen LogP contribution in [0.4, 0.5) is 5.95 Å². The molecule has 0 radical (unpaired) electrons. The molecule has 1 aromatic carbocycles. The Morgan fingerprint density at radius 3 is 3.00 bits per heavy atom. The molecule has 1 unspecified atom stereocenters. The number of nitrogens with one attached hydrogen (secondary N) is 1. The quantitative estimate of drug-likeness (QED) is 0.866. The molecule has 0 fully saturated rings. The molecular weight excluding hydrogens is 298 g/mol. The second-order valence-corrected chi connectivity index (χ2v) is 4.99. The number of nitrogens with zero attached hydrogens (tertiary/aromatic N) is 2. The van der Waals surface area contributed by atoms with Crippen LogP contribution >= 0.6 is 0 Å². The minimum Gasteiger partial charge on any atom is -0.497 e. The van der Waals surface area contributed by atoms with E-state index >= 15 is 0 Å². The summed E-state index contributed by atoms with van der Waals surface area (Å²) in [6.45, 7) is 0.578. The van der Waals surface area contributed by atoms with E-state index in [-0.39, 0.29) is 11.7 Å². The van der Waals surface area contributed by atoms with Crippen LogP contribution in [0.5, 0.6) is 11.5 Å². The van der Waals surface area contributed by atoms with Gasteiger partial charge in [0.1, 0.15) is 11.5 Å². The Hall–Kier alpha value is -2.83. The Balaban J connectivity index is 1.83. The summed E-state index contributed by atoms with van der Waals surface area (Å²) in [7, 11) is 2.94. The van der Waals surface area contributed by atoms with Gasteiger partial charge in [0, 0.05) is 24.2 Å². The molecule has 1 aliphatic rings. The number of carbonyl (C=O) groups excluding carboxylic acids is 1. The molecule has 0 spiro atoms. The number of hydrogen-bond donors (Lipinski definition) is 1. The molecule has 120 valence electrons. The Labute approximate surface area is 133 Å². The van der Waals surface area contributed by atoms with Gasteiger partial charge >= 0.3 is 5.97 Å². The summed E-state index contributed by atoms with van der Waals surface area (Å²) in [4.78, 5) is 19.9. The normalized spacial score (nSPS) is 16.0. The molecule has 0 bridgehead atoms. The molecule has 23 heavy (non-hydrogen) atoms. The third kappa shape index (κ3) is 3.18. The monoisotopic (exact) mass is 315 g/mol. The van der Waals surface area contributed by atoms with Gasteiger partial charge < -0.3 is 19.5 Å². The van der Waals surface area contributed by atoms with Crippen molar-refractivity contribution >= 4 is 11.9 Å². The topological polar surface area (TPSA) is 82.6 Å². The number of carbonyl (C=O) groups is 1. The van der Waals surface area contributed by atoms with Gasteiger partial charge in [0.25, 0.3) is 0 Å². The molecule has 3 rings (SSSR count). The van der Waals surface area contributed by atoms with Crippen molar-refractivity contribution in [3.05, 3.63) is 41.7 Å². The van der Waals surface area contributed by atoms with Gasteiger partial charge in [0.15, 0.2) is 5.69 Å². The highest BCUT2D eigenvalue weighted by atomic mass is 16.5. The van der Waals surface area contributed by atoms with Gasteiger partial charge in [-0.2, -0.15) is 0 Å². The zero-order chi connectivity index (χ0) is 16.2. The van der Waals surface area contributed by atoms with E-state index in [2.05, 4.69) is 20.0 Å². The van der Waals surface area contributed by atoms with Crippen molar-refractivity contribution in [3.63, 3.8) is 0 Å². The summed E-state index contributed by atoms with van der Waals surface area (Å²) in [5.41, 5.74) is 1.22. The molecule has 2 aromatic rings. The van der Waals surface area contributed by atoms with Crippen LogP contribution in [-0.4, -0.2) is 36.8 Å². The van der Waals surface area contributed by atoms with Crippen molar-refractivity contribution in [2.75, 3.05) is 26.1 Å².